The van der Waals surface area contributed by atoms with Gasteiger partial charge in [0, 0.05) is 18.7 Å². The monoisotopic (exact) mass is 287 g/mol. The SMILES string of the molecule is C=CCN(CC=C)C(=O)c1ccc(OCCC(C)C)cc1. The molecular formula is C18H25NO2. The summed E-state index contributed by atoms with van der Waals surface area (Å²) < 4.78 is 5.65. The molecule has 0 aliphatic heterocycles. The lowest BCUT2D eigenvalue weighted by Gasteiger charge is -2.19. The van der Waals surface area contributed by atoms with Gasteiger partial charge in [0.25, 0.3) is 5.91 Å². The number of rotatable bonds is 9. The van der Waals surface area contributed by atoms with Crippen molar-refractivity contribution in [3.63, 3.8) is 0 Å². The maximum absolute atomic E-state index is 12.3. The molecule has 0 bridgehead atoms. The quantitative estimate of drug-likeness (QED) is 0.644. The fourth-order valence-corrected chi connectivity index (χ4v) is 1.84. The summed E-state index contributed by atoms with van der Waals surface area (Å²) in [6.07, 6.45) is 4.45. The smallest absolute Gasteiger partial charge is 0.254 e. The molecule has 21 heavy (non-hydrogen) atoms. The van der Waals surface area contributed by atoms with Crippen LogP contribution in [0, 0.1) is 5.92 Å². The zero-order valence-corrected chi connectivity index (χ0v) is 13.0. The predicted molar refractivity (Wildman–Crippen MR) is 87.7 cm³/mol. The number of carbonyl (C=O) groups is 1. The van der Waals surface area contributed by atoms with E-state index >= 15 is 0 Å². The van der Waals surface area contributed by atoms with Gasteiger partial charge in [-0.15, -0.1) is 13.2 Å². The van der Waals surface area contributed by atoms with Gasteiger partial charge in [0.05, 0.1) is 6.61 Å². The Balaban J connectivity index is 2.65. The van der Waals surface area contributed by atoms with Crippen LogP contribution in [0.15, 0.2) is 49.6 Å². The van der Waals surface area contributed by atoms with Gasteiger partial charge < -0.3 is 9.64 Å². The molecule has 1 aromatic carbocycles. The molecule has 0 spiro atoms. The molecule has 0 aliphatic rings. The van der Waals surface area contributed by atoms with Gasteiger partial charge in [-0.3, -0.25) is 4.79 Å². The first-order valence-electron chi connectivity index (χ1n) is 7.32. The van der Waals surface area contributed by atoms with Crippen molar-refractivity contribution in [3.8, 4) is 5.75 Å². The molecule has 0 fully saturated rings. The minimum absolute atomic E-state index is 0.0245. The summed E-state index contributed by atoms with van der Waals surface area (Å²) in [5, 5.41) is 0. The molecular weight excluding hydrogens is 262 g/mol. The Labute approximate surface area is 127 Å². The van der Waals surface area contributed by atoms with Crippen LogP contribution in [-0.2, 0) is 0 Å². The van der Waals surface area contributed by atoms with E-state index in [2.05, 4.69) is 27.0 Å². The largest absolute Gasteiger partial charge is 0.494 e. The highest BCUT2D eigenvalue weighted by molar-refractivity contribution is 5.94. The summed E-state index contributed by atoms with van der Waals surface area (Å²) in [5.74, 6) is 1.40. The van der Waals surface area contributed by atoms with Crippen LogP contribution in [0.1, 0.15) is 30.6 Å². The van der Waals surface area contributed by atoms with Gasteiger partial charge in [0.15, 0.2) is 0 Å². The molecule has 3 heteroatoms. The van der Waals surface area contributed by atoms with Crippen molar-refractivity contribution in [3.05, 3.63) is 55.1 Å². The lowest BCUT2D eigenvalue weighted by atomic mass is 10.1. The van der Waals surface area contributed by atoms with E-state index in [9.17, 15) is 4.79 Å². The van der Waals surface area contributed by atoms with Crippen LogP contribution < -0.4 is 4.74 Å². The van der Waals surface area contributed by atoms with Gasteiger partial charge in [-0.25, -0.2) is 0 Å². The van der Waals surface area contributed by atoms with Gasteiger partial charge in [-0.1, -0.05) is 26.0 Å². The maximum Gasteiger partial charge on any atom is 0.254 e. The highest BCUT2D eigenvalue weighted by Gasteiger charge is 2.13. The van der Waals surface area contributed by atoms with Crippen molar-refractivity contribution < 1.29 is 9.53 Å². The van der Waals surface area contributed by atoms with Crippen molar-refractivity contribution in [1.29, 1.82) is 0 Å². The van der Waals surface area contributed by atoms with Gasteiger partial charge in [-0.2, -0.15) is 0 Å². The molecule has 0 saturated carbocycles. The van der Waals surface area contributed by atoms with Crippen LogP contribution in [-0.4, -0.2) is 30.5 Å². The fraction of sp³-hybridized carbons (Fsp3) is 0.389. The van der Waals surface area contributed by atoms with E-state index in [4.69, 9.17) is 4.74 Å². The molecule has 1 rings (SSSR count). The summed E-state index contributed by atoms with van der Waals surface area (Å²) in [7, 11) is 0. The highest BCUT2D eigenvalue weighted by Crippen LogP contribution is 2.15. The Morgan fingerprint density at radius 1 is 1.19 bits per heavy atom. The second-order valence-electron chi connectivity index (χ2n) is 5.34. The van der Waals surface area contributed by atoms with Gasteiger partial charge in [0.1, 0.15) is 5.75 Å². The standard InChI is InChI=1S/C18H25NO2/c1-5-12-19(13-6-2)18(20)16-7-9-17(10-8-16)21-14-11-15(3)4/h5-10,15H,1-2,11-14H2,3-4H3. The molecule has 0 heterocycles. The first-order chi connectivity index (χ1) is 10.1. The number of amides is 1. The first-order valence-corrected chi connectivity index (χ1v) is 7.32. The zero-order chi connectivity index (χ0) is 15.7. The fourth-order valence-electron chi connectivity index (χ4n) is 1.84. The number of nitrogens with zero attached hydrogens (tertiary/aromatic N) is 1. The molecule has 0 N–H and O–H groups in total. The Morgan fingerprint density at radius 2 is 1.76 bits per heavy atom. The lowest BCUT2D eigenvalue weighted by molar-refractivity contribution is 0.0791. The number of carbonyl (C=O) groups excluding carboxylic acids is 1. The Kier molecular flexibility index (Phi) is 7.30. The average molecular weight is 287 g/mol. The van der Waals surface area contributed by atoms with Gasteiger partial charge in [0.2, 0.25) is 0 Å². The third-order valence-corrected chi connectivity index (χ3v) is 3.05. The van der Waals surface area contributed by atoms with E-state index in [1.807, 2.05) is 12.1 Å². The molecule has 114 valence electrons. The van der Waals surface area contributed by atoms with Crippen LogP contribution in [0.25, 0.3) is 0 Å². The molecule has 1 amide bonds. The average Bonchev–Trinajstić information content (AvgIpc) is 2.47. The topological polar surface area (TPSA) is 29.5 Å². The second kappa shape index (κ2) is 9.01. The molecule has 0 aromatic heterocycles. The van der Waals surface area contributed by atoms with Gasteiger partial charge in [-0.05, 0) is 36.6 Å². The summed E-state index contributed by atoms with van der Waals surface area (Å²) in [6.45, 7) is 13.4. The third-order valence-electron chi connectivity index (χ3n) is 3.05. The van der Waals surface area contributed by atoms with E-state index in [1.54, 1.807) is 29.2 Å². The lowest BCUT2D eigenvalue weighted by Crippen LogP contribution is -2.31. The summed E-state index contributed by atoms with van der Waals surface area (Å²) >= 11 is 0. The summed E-state index contributed by atoms with van der Waals surface area (Å²) in [4.78, 5) is 14.0. The first kappa shape index (κ1) is 17.0. The Hall–Kier alpha value is -2.03. The number of hydrogen-bond donors (Lipinski definition) is 0. The third kappa shape index (κ3) is 5.86. The van der Waals surface area contributed by atoms with Crippen molar-refractivity contribution in [1.82, 2.24) is 4.90 Å². The van der Waals surface area contributed by atoms with Crippen molar-refractivity contribution in [2.75, 3.05) is 19.7 Å². The van der Waals surface area contributed by atoms with Crippen LogP contribution in [0.2, 0.25) is 0 Å². The molecule has 1 aromatic rings. The maximum atomic E-state index is 12.3. The molecule has 0 aliphatic carbocycles. The molecule has 0 saturated heterocycles. The molecule has 3 nitrogen and oxygen atoms in total. The molecule has 0 radical (unpaired) electrons. The van der Waals surface area contributed by atoms with Crippen LogP contribution in [0.4, 0.5) is 0 Å². The van der Waals surface area contributed by atoms with Crippen molar-refractivity contribution >= 4 is 5.91 Å². The van der Waals surface area contributed by atoms with E-state index in [0.29, 0.717) is 31.2 Å². The van der Waals surface area contributed by atoms with E-state index in [1.165, 1.54) is 0 Å². The van der Waals surface area contributed by atoms with Crippen LogP contribution in [0.5, 0.6) is 5.75 Å². The summed E-state index contributed by atoms with van der Waals surface area (Å²) in [5.41, 5.74) is 0.648. The van der Waals surface area contributed by atoms with Gasteiger partial charge >= 0.3 is 0 Å². The minimum atomic E-state index is -0.0245. The second-order valence-corrected chi connectivity index (χ2v) is 5.34. The van der Waals surface area contributed by atoms with Crippen LogP contribution >= 0.6 is 0 Å². The number of hydrogen-bond acceptors (Lipinski definition) is 2. The number of ether oxygens (including phenoxy) is 1. The highest BCUT2D eigenvalue weighted by atomic mass is 16.5. The van der Waals surface area contributed by atoms with Crippen LogP contribution in [0.3, 0.4) is 0 Å². The summed E-state index contributed by atoms with van der Waals surface area (Å²) in [6, 6.07) is 7.28. The van der Waals surface area contributed by atoms with Crippen molar-refractivity contribution in [2.45, 2.75) is 20.3 Å². The number of benzene rings is 1. The van der Waals surface area contributed by atoms with E-state index in [0.717, 1.165) is 12.2 Å². The Bertz CT molecular complexity index is 453. The molecule has 0 unspecified atom stereocenters. The molecule has 0 atom stereocenters. The zero-order valence-electron chi connectivity index (χ0n) is 13.0. The van der Waals surface area contributed by atoms with E-state index in [-0.39, 0.29) is 5.91 Å². The minimum Gasteiger partial charge on any atom is -0.494 e. The predicted octanol–water partition coefficient (Wildman–Crippen LogP) is 3.93. The van der Waals surface area contributed by atoms with Crippen molar-refractivity contribution in [2.24, 2.45) is 5.92 Å². The van der Waals surface area contributed by atoms with E-state index < -0.39 is 0 Å². The Morgan fingerprint density at radius 3 is 2.24 bits per heavy atom. The normalized spacial score (nSPS) is 10.2.